The van der Waals surface area contributed by atoms with Crippen LogP contribution in [0.25, 0.3) is 0 Å². The minimum atomic E-state index is 0.329. The third kappa shape index (κ3) is 4.78. The lowest BCUT2D eigenvalue weighted by Gasteiger charge is -2.23. The Labute approximate surface area is 97.1 Å². The molecule has 0 aromatic carbocycles. The Kier molecular flexibility index (Phi) is 5.91. The summed E-state index contributed by atoms with van der Waals surface area (Å²) in [7, 11) is 0. The van der Waals surface area contributed by atoms with Gasteiger partial charge in [-0.1, -0.05) is 26.3 Å². The van der Waals surface area contributed by atoms with Gasteiger partial charge < -0.3 is 5.73 Å². The van der Waals surface area contributed by atoms with Gasteiger partial charge >= 0.3 is 0 Å². The van der Waals surface area contributed by atoms with Crippen LogP contribution < -0.4 is 5.73 Å². The number of nitrogens with two attached hydrogens (primary N) is 1. The van der Waals surface area contributed by atoms with Crippen LogP contribution in [0.5, 0.6) is 0 Å². The van der Waals surface area contributed by atoms with E-state index in [0.717, 1.165) is 26.1 Å². The average Bonchev–Trinajstić information content (AvgIpc) is 2.70. The molecule has 2 nitrogen and oxygen atoms in total. The van der Waals surface area contributed by atoms with Gasteiger partial charge in [0.25, 0.3) is 0 Å². The molecule has 0 saturated carbocycles. The Morgan fingerprint density at radius 3 is 2.80 bits per heavy atom. The van der Waals surface area contributed by atoms with Crippen LogP contribution in [0.3, 0.4) is 0 Å². The van der Waals surface area contributed by atoms with Crippen molar-refractivity contribution in [3.63, 3.8) is 0 Å². The van der Waals surface area contributed by atoms with Crippen LogP contribution in [-0.2, 0) is 6.54 Å². The van der Waals surface area contributed by atoms with Crippen molar-refractivity contribution >= 4 is 11.3 Å². The molecule has 2 N–H and O–H groups in total. The van der Waals surface area contributed by atoms with Gasteiger partial charge in [-0.05, 0) is 24.4 Å². The Balaban J connectivity index is 2.35. The molecule has 3 heteroatoms. The monoisotopic (exact) mass is 226 g/mol. The average molecular weight is 226 g/mol. The predicted molar refractivity (Wildman–Crippen MR) is 68.2 cm³/mol. The molecule has 15 heavy (non-hydrogen) atoms. The van der Waals surface area contributed by atoms with E-state index in [0.29, 0.717) is 6.04 Å². The summed E-state index contributed by atoms with van der Waals surface area (Å²) in [5.41, 5.74) is 6.05. The first-order chi connectivity index (χ1) is 7.26. The zero-order chi connectivity index (χ0) is 11.1. The molecule has 0 aliphatic carbocycles. The van der Waals surface area contributed by atoms with Crippen LogP contribution in [0.2, 0.25) is 0 Å². The number of nitrogens with zero attached hydrogens (tertiary/aromatic N) is 1. The third-order valence-electron chi connectivity index (χ3n) is 2.56. The standard InChI is InChI=1S/C12H22N2S/c1-3-6-11(13)9-14(4-2)10-12-7-5-8-15-12/h5,7-8,11H,3-4,6,9-10,13H2,1-2H3. The van der Waals surface area contributed by atoms with Crippen molar-refractivity contribution in [1.82, 2.24) is 4.90 Å². The van der Waals surface area contributed by atoms with E-state index in [2.05, 4.69) is 36.3 Å². The van der Waals surface area contributed by atoms with E-state index in [1.54, 1.807) is 0 Å². The van der Waals surface area contributed by atoms with Gasteiger partial charge in [0, 0.05) is 24.0 Å². The van der Waals surface area contributed by atoms with Crippen molar-refractivity contribution in [3.05, 3.63) is 22.4 Å². The highest BCUT2D eigenvalue weighted by Gasteiger charge is 2.09. The lowest BCUT2D eigenvalue weighted by Crippen LogP contribution is -2.36. The second-order valence-corrected chi connectivity index (χ2v) is 4.99. The number of hydrogen-bond acceptors (Lipinski definition) is 3. The summed E-state index contributed by atoms with van der Waals surface area (Å²) in [6.45, 7) is 7.53. The summed E-state index contributed by atoms with van der Waals surface area (Å²) in [4.78, 5) is 3.85. The lowest BCUT2D eigenvalue weighted by molar-refractivity contribution is 0.258. The Bertz CT molecular complexity index is 246. The van der Waals surface area contributed by atoms with Crippen molar-refractivity contribution in [2.45, 2.75) is 39.3 Å². The van der Waals surface area contributed by atoms with Gasteiger partial charge in [-0.2, -0.15) is 0 Å². The first kappa shape index (κ1) is 12.7. The number of thiophene rings is 1. The van der Waals surface area contributed by atoms with Crippen LogP contribution in [0, 0.1) is 0 Å². The zero-order valence-electron chi connectivity index (χ0n) is 9.78. The summed E-state index contributed by atoms with van der Waals surface area (Å²) in [5.74, 6) is 0. The van der Waals surface area contributed by atoms with Crippen LogP contribution in [0.4, 0.5) is 0 Å². The molecule has 1 rings (SSSR count). The van der Waals surface area contributed by atoms with E-state index in [-0.39, 0.29) is 0 Å². The minimum Gasteiger partial charge on any atom is -0.327 e. The molecule has 1 atom stereocenters. The molecule has 0 amide bonds. The van der Waals surface area contributed by atoms with E-state index >= 15 is 0 Å². The number of hydrogen-bond donors (Lipinski definition) is 1. The highest BCUT2D eigenvalue weighted by molar-refractivity contribution is 7.09. The van der Waals surface area contributed by atoms with E-state index in [1.807, 2.05) is 11.3 Å². The van der Waals surface area contributed by atoms with Crippen molar-refractivity contribution in [3.8, 4) is 0 Å². The normalized spacial score (nSPS) is 13.3. The topological polar surface area (TPSA) is 29.3 Å². The van der Waals surface area contributed by atoms with Crippen molar-refractivity contribution < 1.29 is 0 Å². The molecular formula is C12H22N2S. The third-order valence-corrected chi connectivity index (χ3v) is 3.42. The van der Waals surface area contributed by atoms with Gasteiger partial charge in [0.05, 0.1) is 0 Å². The van der Waals surface area contributed by atoms with Gasteiger partial charge in [0.15, 0.2) is 0 Å². The molecule has 0 aliphatic rings. The highest BCUT2D eigenvalue weighted by Crippen LogP contribution is 2.12. The molecule has 0 aliphatic heterocycles. The SMILES string of the molecule is CCCC(N)CN(CC)Cc1cccs1. The van der Waals surface area contributed by atoms with Crippen molar-refractivity contribution in [2.75, 3.05) is 13.1 Å². The van der Waals surface area contributed by atoms with Gasteiger partial charge in [-0.25, -0.2) is 0 Å². The molecule has 0 saturated heterocycles. The van der Waals surface area contributed by atoms with Gasteiger partial charge in [0.1, 0.15) is 0 Å². The van der Waals surface area contributed by atoms with E-state index in [4.69, 9.17) is 5.73 Å². The van der Waals surface area contributed by atoms with Crippen LogP contribution in [-0.4, -0.2) is 24.0 Å². The summed E-state index contributed by atoms with van der Waals surface area (Å²) >= 11 is 1.82. The quantitative estimate of drug-likeness (QED) is 0.774. The Hall–Kier alpha value is -0.380. The van der Waals surface area contributed by atoms with Crippen LogP contribution >= 0.6 is 11.3 Å². The molecular weight excluding hydrogens is 204 g/mol. The summed E-state index contributed by atoms with van der Waals surface area (Å²) in [6, 6.07) is 4.63. The maximum Gasteiger partial charge on any atom is 0.0328 e. The number of rotatable bonds is 7. The molecule has 0 radical (unpaired) electrons. The first-order valence-corrected chi connectivity index (χ1v) is 6.64. The predicted octanol–water partition coefficient (Wildman–Crippen LogP) is 2.70. The molecule has 0 fully saturated rings. The largest absolute Gasteiger partial charge is 0.327 e. The fourth-order valence-corrected chi connectivity index (χ4v) is 2.47. The summed E-state index contributed by atoms with van der Waals surface area (Å²) < 4.78 is 0. The van der Waals surface area contributed by atoms with Gasteiger partial charge in [-0.15, -0.1) is 11.3 Å². The van der Waals surface area contributed by atoms with E-state index in [9.17, 15) is 0 Å². The smallest absolute Gasteiger partial charge is 0.0328 e. The molecule has 86 valence electrons. The molecule has 1 unspecified atom stereocenters. The molecule has 1 aromatic heterocycles. The molecule has 1 aromatic rings. The fourth-order valence-electron chi connectivity index (χ4n) is 1.72. The Morgan fingerprint density at radius 1 is 1.47 bits per heavy atom. The summed E-state index contributed by atoms with van der Waals surface area (Å²) in [6.07, 6.45) is 2.30. The van der Waals surface area contributed by atoms with Crippen LogP contribution in [0.1, 0.15) is 31.6 Å². The van der Waals surface area contributed by atoms with Crippen molar-refractivity contribution in [2.24, 2.45) is 5.73 Å². The number of likely N-dealkylation sites (N-methyl/N-ethyl adjacent to an activating group) is 1. The fraction of sp³-hybridized carbons (Fsp3) is 0.667. The second kappa shape index (κ2) is 6.99. The van der Waals surface area contributed by atoms with Crippen molar-refractivity contribution in [1.29, 1.82) is 0 Å². The van der Waals surface area contributed by atoms with Gasteiger partial charge in [0.2, 0.25) is 0 Å². The van der Waals surface area contributed by atoms with E-state index < -0.39 is 0 Å². The van der Waals surface area contributed by atoms with E-state index in [1.165, 1.54) is 11.3 Å². The molecule has 0 spiro atoms. The van der Waals surface area contributed by atoms with Gasteiger partial charge in [-0.3, -0.25) is 4.90 Å². The lowest BCUT2D eigenvalue weighted by atomic mass is 10.1. The maximum atomic E-state index is 6.05. The highest BCUT2D eigenvalue weighted by atomic mass is 32.1. The molecule has 1 heterocycles. The van der Waals surface area contributed by atoms with Crippen LogP contribution in [0.15, 0.2) is 17.5 Å². The zero-order valence-corrected chi connectivity index (χ0v) is 10.6. The summed E-state index contributed by atoms with van der Waals surface area (Å²) in [5, 5.41) is 2.13. The minimum absolute atomic E-state index is 0.329. The second-order valence-electron chi connectivity index (χ2n) is 3.96. The molecule has 0 bridgehead atoms. The Morgan fingerprint density at radius 2 is 2.27 bits per heavy atom. The maximum absolute atomic E-state index is 6.05. The first-order valence-electron chi connectivity index (χ1n) is 5.76.